The first kappa shape index (κ1) is 31.3. The van der Waals surface area contributed by atoms with Crippen molar-refractivity contribution in [3.05, 3.63) is 69.2 Å². The predicted octanol–water partition coefficient (Wildman–Crippen LogP) is 5.23. The number of carbonyl (C=O) groups is 1. The zero-order valence-electron chi connectivity index (χ0n) is 22.7. The van der Waals surface area contributed by atoms with Gasteiger partial charge in [0, 0.05) is 29.1 Å². The van der Waals surface area contributed by atoms with Gasteiger partial charge in [0.05, 0.1) is 28.8 Å². The Labute approximate surface area is 238 Å². The molecule has 1 fully saturated rings. The molecule has 1 heterocycles. The molecule has 1 aliphatic heterocycles. The van der Waals surface area contributed by atoms with Crippen molar-refractivity contribution in [1.29, 1.82) is 5.26 Å². The third kappa shape index (κ3) is 6.55. The molecule has 0 aliphatic carbocycles. The Morgan fingerprint density at radius 3 is 2.44 bits per heavy atom. The van der Waals surface area contributed by atoms with Gasteiger partial charge in [-0.05, 0) is 55.9 Å². The van der Waals surface area contributed by atoms with E-state index < -0.39 is 52.7 Å². The number of rotatable bonds is 8. The van der Waals surface area contributed by atoms with E-state index in [4.69, 9.17) is 23.2 Å². The second-order valence-electron chi connectivity index (χ2n) is 11.9. The molecule has 4 N–H and O–H groups in total. The fourth-order valence-electron chi connectivity index (χ4n) is 5.35. The van der Waals surface area contributed by atoms with Crippen molar-refractivity contribution in [3.63, 3.8) is 0 Å². The summed E-state index contributed by atoms with van der Waals surface area (Å²) < 4.78 is 31.2. The lowest BCUT2D eigenvalue weighted by molar-refractivity contribution is -0.123. The van der Waals surface area contributed by atoms with Crippen LogP contribution in [0.15, 0.2) is 36.4 Å². The number of carbonyl (C=O) groups excluding carboxylic acids is 1. The molecule has 2 aromatic carbocycles. The second kappa shape index (κ2) is 11.7. The van der Waals surface area contributed by atoms with Gasteiger partial charge in [-0.25, -0.2) is 8.78 Å². The number of nitrogens with one attached hydrogen (secondary N) is 2. The molecule has 0 radical (unpaired) electrons. The molecule has 0 bridgehead atoms. The van der Waals surface area contributed by atoms with Crippen LogP contribution in [0.5, 0.6) is 0 Å². The number of aliphatic hydroxyl groups excluding tert-OH is 1. The Morgan fingerprint density at radius 2 is 1.87 bits per heavy atom. The largest absolute Gasteiger partial charge is 0.390 e. The highest BCUT2D eigenvalue weighted by atomic mass is 35.5. The number of hydrogen-bond donors (Lipinski definition) is 4. The molecule has 3 rings (SSSR count). The Balaban J connectivity index is 2.19. The van der Waals surface area contributed by atoms with Gasteiger partial charge in [-0.15, -0.1) is 0 Å². The fourth-order valence-corrected chi connectivity index (χ4v) is 5.69. The van der Waals surface area contributed by atoms with Crippen LogP contribution in [0.1, 0.15) is 64.5 Å². The number of nitriles is 1. The van der Waals surface area contributed by atoms with Gasteiger partial charge in [0.1, 0.15) is 17.0 Å². The van der Waals surface area contributed by atoms with Gasteiger partial charge in [0.25, 0.3) is 0 Å². The predicted molar refractivity (Wildman–Crippen MR) is 148 cm³/mol. The van der Waals surface area contributed by atoms with E-state index in [1.54, 1.807) is 0 Å². The SMILES string of the molecule is CC(C)(C)CC1NC(C(=O)NCC[C@H](O)C(C)(C)O)C(c2cccc(Cl)c2F)C1(C#N)c1ccc(Cl)cc1F. The zero-order valence-corrected chi connectivity index (χ0v) is 24.2. The van der Waals surface area contributed by atoms with Crippen LogP contribution < -0.4 is 10.6 Å². The van der Waals surface area contributed by atoms with Crippen LogP contribution in [0.25, 0.3) is 0 Å². The van der Waals surface area contributed by atoms with Crippen LogP contribution in [-0.4, -0.2) is 46.5 Å². The highest BCUT2D eigenvalue weighted by Gasteiger charge is 2.61. The fraction of sp³-hybridized carbons (Fsp3) is 0.517. The summed E-state index contributed by atoms with van der Waals surface area (Å²) in [6.45, 7) is 8.77. The molecule has 0 saturated carbocycles. The van der Waals surface area contributed by atoms with E-state index in [9.17, 15) is 20.3 Å². The van der Waals surface area contributed by atoms with Crippen LogP contribution in [0, 0.1) is 28.4 Å². The normalized spacial score (nSPS) is 24.3. The summed E-state index contributed by atoms with van der Waals surface area (Å²) >= 11 is 12.2. The minimum atomic E-state index is -1.72. The molecular formula is C29H35Cl2F2N3O3. The van der Waals surface area contributed by atoms with Gasteiger partial charge < -0.3 is 20.8 Å². The maximum Gasteiger partial charge on any atom is 0.237 e. The molecule has 4 unspecified atom stereocenters. The quantitative estimate of drug-likeness (QED) is 0.341. The van der Waals surface area contributed by atoms with Crippen LogP contribution in [0.3, 0.4) is 0 Å². The van der Waals surface area contributed by atoms with Crippen molar-refractivity contribution >= 4 is 29.1 Å². The number of nitrogens with zero attached hydrogens (tertiary/aromatic N) is 1. The lowest BCUT2D eigenvalue weighted by Gasteiger charge is -2.37. The zero-order chi connectivity index (χ0) is 29.3. The summed E-state index contributed by atoms with van der Waals surface area (Å²) in [5.41, 5.74) is -3.46. The number of halogens is 4. The first-order valence-corrected chi connectivity index (χ1v) is 13.5. The van der Waals surface area contributed by atoms with E-state index in [-0.39, 0.29) is 39.6 Å². The number of aliphatic hydroxyl groups is 2. The summed E-state index contributed by atoms with van der Waals surface area (Å²) in [7, 11) is 0. The molecular weight excluding hydrogens is 547 g/mol. The number of benzene rings is 2. The van der Waals surface area contributed by atoms with Crippen molar-refractivity contribution in [2.75, 3.05) is 6.54 Å². The van der Waals surface area contributed by atoms with Crippen LogP contribution >= 0.6 is 23.2 Å². The Morgan fingerprint density at radius 1 is 1.21 bits per heavy atom. The minimum absolute atomic E-state index is 0.000939. The maximum absolute atomic E-state index is 15.6. The molecule has 39 heavy (non-hydrogen) atoms. The topological polar surface area (TPSA) is 105 Å². The smallest absolute Gasteiger partial charge is 0.237 e. The molecule has 0 aromatic heterocycles. The maximum atomic E-state index is 15.6. The van der Waals surface area contributed by atoms with Crippen molar-refractivity contribution in [2.45, 2.75) is 82.6 Å². The van der Waals surface area contributed by atoms with Crippen LogP contribution in [0.2, 0.25) is 10.0 Å². The van der Waals surface area contributed by atoms with Crippen molar-refractivity contribution < 1.29 is 23.8 Å². The number of amides is 1. The van der Waals surface area contributed by atoms with E-state index in [0.29, 0.717) is 6.42 Å². The molecule has 10 heteroatoms. The van der Waals surface area contributed by atoms with E-state index in [0.717, 1.165) is 6.07 Å². The van der Waals surface area contributed by atoms with Crippen LogP contribution in [-0.2, 0) is 10.2 Å². The number of hydrogen-bond acceptors (Lipinski definition) is 5. The molecule has 1 aliphatic rings. The third-order valence-electron chi connectivity index (χ3n) is 7.26. The molecule has 212 valence electrons. The molecule has 1 saturated heterocycles. The molecule has 1 amide bonds. The van der Waals surface area contributed by atoms with Crippen molar-refractivity contribution in [2.24, 2.45) is 5.41 Å². The van der Waals surface area contributed by atoms with E-state index in [1.807, 2.05) is 20.8 Å². The highest BCUT2D eigenvalue weighted by molar-refractivity contribution is 6.31. The Bertz CT molecular complexity index is 1260. The first-order valence-electron chi connectivity index (χ1n) is 12.8. The van der Waals surface area contributed by atoms with Crippen LogP contribution in [0.4, 0.5) is 8.78 Å². The summed E-state index contributed by atoms with van der Waals surface area (Å²) in [6, 6.07) is 8.68. The van der Waals surface area contributed by atoms with E-state index in [2.05, 4.69) is 16.7 Å². The van der Waals surface area contributed by atoms with E-state index in [1.165, 1.54) is 44.2 Å². The average molecular weight is 583 g/mol. The second-order valence-corrected chi connectivity index (χ2v) is 12.8. The van der Waals surface area contributed by atoms with Gasteiger partial charge in [-0.3, -0.25) is 4.79 Å². The first-order chi connectivity index (χ1) is 18.0. The van der Waals surface area contributed by atoms with E-state index >= 15 is 8.78 Å². The molecule has 0 spiro atoms. The highest BCUT2D eigenvalue weighted by Crippen LogP contribution is 2.52. The standard InChI is InChI=1S/C29H35Cl2F2N3O3/c1-27(2,3)14-21-29(15-34,18-10-9-16(30)13-20(18)32)23(17-7-6-8-19(31)24(17)33)25(36-21)26(38)35-12-11-22(37)28(4,5)39/h6-10,13,21-23,25,36-37,39H,11-12,14H2,1-5H3,(H,35,38)/t21?,22-,23?,25?,29?/m0/s1. The monoisotopic (exact) mass is 581 g/mol. The Hall–Kier alpha value is -2.28. The van der Waals surface area contributed by atoms with Gasteiger partial charge >= 0.3 is 0 Å². The van der Waals surface area contributed by atoms with Crippen molar-refractivity contribution in [3.8, 4) is 6.07 Å². The van der Waals surface area contributed by atoms with Gasteiger partial charge in [-0.1, -0.05) is 62.2 Å². The molecule has 5 atom stereocenters. The van der Waals surface area contributed by atoms with Crippen molar-refractivity contribution in [1.82, 2.24) is 10.6 Å². The Kier molecular flexibility index (Phi) is 9.36. The summed E-state index contributed by atoms with van der Waals surface area (Å²) in [5.74, 6) is -3.28. The third-order valence-corrected chi connectivity index (χ3v) is 7.79. The lowest BCUT2D eigenvalue weighted by atomic mass is 9.62. The average Bonchev–Trinajstić information content (AvgIpc) is 3.13. The minimum Gasteiger partial charge on any atom is -0.390 e. The lowest BCUT2D eigenvalue weighted by Crippen LogP contribution is -2.47. The summed E-state index contributed by atoms with van der Waals surface area (Å²) in [5, 5.41) is 36.9. The van der Waals surface area contributed by atoms with Gasteiger partial charge in [0.15, 0.2) is 0 Å². The summed E-state index contributed by atoms with van der Waals surface area (Å²) in [6.07, 6.45) is -0.702. The molecule has 6 nitrogen and oxygen atoms in total. The van der Waals surface area contributed by atoms with Gasteiger partial charge in [0.2, 0.25) is 5.91 Å². The van der Waals surface area contributed by atoms with Gasteiger partial charge in [-0.2, -0.15) is 5.26 Å². The summed E-state index contributed by atoms with van der Waals surface area (Å²) in [4.78, 5) is 13.6. The molecule has 2 aromatic rings.